The average Bonchev–Trinajstić information content (AvgIpc) is 3.11. The van der Waals surface area contributed by atoms with Gasteiger partial charge in [0.2, 0.25) is 11.9 Å². The maximum atomic E-state index is 12.7. The molecule has 1 saturated carbocycles. The summed E-state index contributed by atoms with van der Waals surface area (Å²) in [6, 6.07) is 8.50. The SMILES string of the molecule is CC(C)CNC(=O)[C@H]1CCCN(c2nc3ccccc3n2CC2CCCCC2)C1. The summed E-state index contributed by atoms with van der Waals surface area (Å²) in [4.78, 5) is 20.1. The summed E-state index contributed by atoms with van der Waals surface area (Å²) in [6.45, 7) is 7.86. The monoisotopic (exact) mass is 396 g/mol. The Morgan fingerprint density at radius 2 is 1.93 bits per heavy atom. The van der Waals surface area contributed by atoms with E-state index in [4.69, 9.17) is 4.98 Å². The van der Waals surface area contributed by atoms with Gasteiger partial charge in [-0.25, -0.2) is 4.98 Å². The van der Waals surface area contributed by atoms with Crippen LogP contribution in [0.15, 0.2) is 24.3 Å². The number of fused-ring (bicyclic) bond motifs is 1. The van der Waals surface area contributed by atoms with Crippen LogP contribution >= 0.6 is 0 Å². The molecule has 29 heavy (non-hydrogen) atoms. The summed E-state index contributed by atoms with van der Waals surface area (Å²) in [6.07, 6.45) is 8.77. The molecule has 2 aliphatic rings. The first kappa shape index (κ1) is 20.2. The van der Waals surface area contributed by atoms with Crippen LogP contribution in [-0.2, 0) is 11.3 Å². The fourth-order valence-corrected chi connectivity index (χ4v) is 4.93. The minimum atomic E-state index is 0.0606. The van der Waals surface area contributed by atoms with Gasteiger partial charge >= 0.3 is 0 Å². The lowest BCUT2D eigenvalue weighted by atomic mass is 9.89. The number of anilines is 1. The summed E-state index contributed by atoms with van der Waals surface area (Å²) in [5.41, 5.74) is 2.31. The van der Waals surface area contributed by atoms with Crippen LogP contribution in [0.2, 0.25) is 0 Å². The number of hydrogen-bond acceptors (Lipinski definition) is 3. The van der Waals surface area contributed by atoms with E-state index in [2.05, 4.69) is 52.9 Å². The molecule has 5 heteroatoms. The highest BCUT2D eigenvalue weighted by Gasteiger charge is 2.29. The molecule has 0 unspecified atom stereocenters. The number of carbonyl (C=O) groups is 1. The maximum absolute atomic E-state index is 12.7. The van der Waals surface area contributed by atoms with E-state index in [1.165, 1.54) is 37.6 Å². The molecule has 1 amide bonds. The Labute approximate surface area is 174 Å². The average molecular weight is 397 g/mol. The van der Waals surface area contributed by atoms with E-state index in [1.54, 1.807) is 0 Å². The largest absolute Gasteiger partial charge is 0.356 e. The zero-order chi connectivity index (χ0) is 20.2. The van der Waals surface area contributed by atoms with Crippen molar-refractivity contribution in [2.45, 2.75) is 65.3 Å². The zero-order valence-corrected chi connectivity index (χ0v) is 18.1. The van der Waals surface area contributed by atoms with E-state index in [-0.39, 0.29) is 11.8 Å². The molecular weight excluding hydrogens is 360 g/mol. The van der Waals surface area contributed by atoms with Crippen LogP contribution in [0, 0.1) is 17.8 Å². The first-order valence-electron chi connectivity index (χ1n) is 11.6. The predicted octanol–water partition coefficient (Wildman–Crippen LogP) is 4.61. The number of carbonyl (C=O) groups excluding carboxylic acids is 1. The Morgan fingerprint density at radius 1 is 1.14 bits per heavy atom. The summed E-state index contributed by atoms with van der Waals surface area (Å²) in [7, 11) is 0. The van der Waals surface area contributed by atoms with Crippen molar-refractivity contribution in [1.82, 2.24) is 14.9 Å². The fraction of sp³-hybridized carbons (Fsp3) is 0.667. The van der Waals surface area contributed by atoms with E-state index in [0.29, 0.717) is 5.92 Å². The Hall–Kier alpha value is -2.04. The third-order valence-electron chi connectivity index (χ3n) is 6.56. The Balaban J connectivity index is 1.55. The van der Waals surface area contributed by atoms with Crippen LogP contribution in [0.5, 0.6) is 0 Å². The quantitative estimate of drug-likeness (QED) is 0.776. The minimum absolute atomic E-state index is 0.0606. The van der Waals surface area contributed by atoms with Gasteiger partial charge in [-0.3, -0.25) is 4.79 Å². The first-order chi connectivity index (χ1) is 14.1. The van der Waals surface area contributed by atoms with E-state index < -0.39 is 0 Å². The minimum Gasteiger partial charge on any atom is -0.356 e. The van der Waals surface area contributed by atoms with Crippen LogP contribution in [0.3, 0.4) is 0 Å². The normalized spacial score (nSPS) is 21.1. The van der Waals surface area contributed by atoms with Crippen molar-refractivity contribution in [2.75, 3.05) is 24.5 Å². The van der Waals surface area contributed by atoms with E-state index in [1.807, 2.05) is 0 Å². The van der Waals surface area contributed by atoms with Crippen LogP contribution < -0.4 is 10.2 Å². The zero-order valence-electron chi connectivity index (χ0n) is 18.1. The van der Waals surface area contributed by atoms with E-state index in [9.17, 15) is 4.79 Å². The molecule has 2 aromatic rings. The molecule has 5 nitrogen and oxygen atoms in total. The first-order valence-corrected chi connectivity index (χ1v) is 11.6. The number of benzene rings is 1. The molecule has 0 bridgehead atoms. The molecule has 158 valence electrons. The Kier molecular flexibility index (Phi) is 6.41. The summed E-state index contributed by atoms with van der Waals surface area (Å²) >= 11 is 0. The van der Waals surface area contributed by atoms with Gasteiger partial charge in [-0.05, 0) is 49.7 Å². The second-order valence-electron chi connectivity index (χ2n) is 9.44. The van der Waals surface area contributed by atoms with Crippen molar-refractivity contribution in [2.24, 2.45) is 17.8 Å². The Bertz CT molecular complexity index is 821. The van der Waals surface area contributed by atoms with Gasteiger partial charge in [0.05, 0.1) is 17.0 Å². The lowest BCUT2D eigenvalue weighted by molar-refractivity contribution is -0.125. The van der Waals surface area contributed by atoms with Crippen molar-refractivity contribution in [3.8, 4) is 0 Å². The molecule has 0 radical (unpaired) electrons. The second-order valence-corrected chi connectivity index (χ2v) is 9.44. The highest BCUT2D eigenvalue weighted by Crippen LogP contribution is 2.31. The van der Waals surface area contributed by atoms with Gasteiger partial charge in [-0.15, -0.1) is 0 Å². The number of nitrogens with zero attached hydrogens (tertiary/aromatic N) is 3. The van der Waals surface area contributed by atoms with Gasteiger partial charge in [-0.1, -0.05) is 45.2 Å². The number of aromatic nitrogens is 2. The lowest BCUT2D eigenvalue weighted by Gasteiger charge is -2.34. The predicted molar refractivity (Wildman–Crippen MR) is 119 cm³/mol. The summed E-state index contributed by atoms with van der Waals surface area (Å²) < 4.78 is 2.44. The van der Waals surface area contributed by atoms with Crippen molar-refractivity contribution >= 4 is 22.9 Å². The molecular formula is C24H36N4O. The van der Waals surface area contributed by atoms with E-state index in [0.717, 1.165) is 56.4 Å². The number of piperidine rings is 1. The van der Waals surface area contributed by atoms with E-state index >= 15 is 0 Å². The number of para-hydroxylation sites is 2. The summed E-state index contributed by atoms with van der Waals surface area (Å²) in [5.74, 6) is 2.57. The third-order valence-corrected chi connectivity index (χ3v) is 6.56. The van der Waals surface area contributed by atoms with Gasteiger partial charge in [0.15, 0.2) is 0 Å². The number of hydrogen-bond donors (Lipinski definition) is 1. The van der Waals surface area contributed by atoms with Gasteiger partial charge in [-0.2, -0.15) is 0 Å². The number of nitrogens with one attached hydrogen (secondary N) is 1. The molecule has 0 spiro atoms. The molecule has 1 aliphatic heterocycles. The molecule has 1 N–H and O–H groups in total. The third kappa shape index (κ3) is 4.76. The van der Waals surface area contributed by atoms with Crippen LogP contribution in [-0.4, -0.2) is 35.1 Å². The molecule has 1 aliphatic carbocycles. The molecule has 4 rings (SSSR count). The topological polar surface area (TPSA) is 50.2 Å². The highest BCUT2D eigenvalue weighted by atomic mass is 16.1. The maximum Gasteiger partial charge on any atom is 0.224 e. The molecule has 1 atom stereocenters. The smallest absolute Gasteiger partial charge is 0.224 e. The van der Waals surface area contributed by atoms with Crippen molar-refractivity contribution in [3.05, 3.63) is 24.3 Å². The van der Waals surface area contributed by atoms with Crippen LogP contribution in [0.4, 0.5) is 5.95 Å². The number of imidazole rings is 1. The number of rotatable bonds is 6. The molecule has 1 saturated heterocycles. The standard InChI is InChI=1S/C24H36N4O/c1-18(2)15-25-23(29)20-11-8-14-27(17-20)24-26-21-12-6-7-13-22(21)28(24)16-19-9-4-3-5-10-19/h6-7,12-13,18-20H,3-5,8-11,14-17H2,1-2H3,(H,25,29)/t20-/m0/s1. The molecule has 2 fully saturated rings. The number of amides is 1. The van der Waals surface area contributed by atoms with Gasteiger partial charge in [0.25, 0.3) is 0 Å². The van der Waals surface area contributed by atoms with Crippen LogP contribution in [0.25, 0.3) is 11.0 Å². The van der Waals surface area contributed by atoms with Gasteiger partial charge < -0.3 is 14.8 Å². The molecule has 1 aromatic carbocycles. The molecule has 1 aromatic heterocycles. The summed E-state index contributed by atoms with van der Waals surface area (Å²) in [5, 5.41) is 3.14. The van der Waals surface area contributed by atoms with Crippen molar-refractivity contribution in [3.63, 3.8) is 0 Å². The van der Waals surface area contributed by atoms with Gasteiger partial charge in [0.1, 0.15) is 0 Å². The van der Waals surface area contributed by atoms with Crippen molar-refractivity contribution in [1.29, 1.82) is 0 Å². The van der Waals surface area contributed by atoms with Crippen LogP contribution in [0.1, 0.15) is 58.8 Å². The second kappa shape index (κ2) is 9.19. The Morgan fingerprint density at radius 3 is 2.72 bits per heavy atom. The fourth-order valence-electron chi connectivity index (χ4n) is 4.93. The van der Waals surface area contributed by atoms with Crippen molar-refractivity contribution < 1.29 is 4.79 Å². The molecule has 2 heterocycles. The lowest BCUT2D eigenvalue weighted by Crippen LogP contribution is -2.44. The highest BCUT2D eigenvalue weighted by molar-refractivity contribution is 5.81. The van der Waals surface area contributed by atoms with Gasteiger partial charge in [0, 0.05) is 26.2 Å².